The van der Waals surface area contributed by atoms with Crippen LogP contribution in [0.4, 0.5) is 0 Å². The lowest BCUT2D eigenvalue weighted by Crippen LogP contribution is -2.52. The Morgan fingerprint density at radius 2 is 2.00 bits per heavy atom. The van der Waals surface area contributed by atoms with E-state index in [1.54, 1.807) is 7.11 Å². The second-order valence-electron chi connectivity index (χ2n) is 8.35. The van der Waals surface area contributed by atoms with Crippen molar-refractivity contribution in [1.82, 2.24) is 9.88 Å². The first-order chi connectivity index (χ1) is 14.5. The van der Waals surface area contributed by atoms with Crippen LogP contribution in [0, 0.1) is 13.8 Å². The van der Waals surface area contributed by atoms with Gasteiger partial charge >= 0.3 is 0 Å². The van der Waals surface area contributed by atoms with Crippen molar-refractivity contribution in [3.8, 4) is 11.6 Å². The Bertz CT molecular complexity index is 906. The molecule has 2 aliphatic rings. The van der Waals surface area contributed by atoms with E-state index in [1.165, 1.54) is 0 Å². The largest absolute Gasteiger partial charge is 0.497 e. The summed E-state index contributed by atoms with van der Waals surface area (Å²) >= 11 is 0. The van der Waals surface area contributed by atoms with Crippen molar-refractivity contribution in [3.63, 3.8) is 0 Å². The molecule has 0 radical (unpaired) electrons. The number of benzene rings is 1. The molecule has 3 heterocycles. The van der Waals surface area contributed by atoms with Crippen molar-refractivity contribution in [2.24, 2.45) is 0 Å². The highest BCUT2D eigenvalue weighted by atomic mass is 16.5. The molecular weight excluding hydrogens is 380 g/mol. The lowest BCUT2D eigenvalue weighted by atomic mass is 9.83. The summed E-state index contributed by atoms with van der Waals surface area (Å²) in [5.41, 5.74) is 2.42. The molecule has 2 aromatic rings. The molecule has 30 heavy (non-hydrogen) atoms. The summed E-state index contributed by atoms with van der Waals surface area (Å²) in [5.74, 6) is 1.53. The summed E-state index contributed by atoms with van der Waals surface area (Å²) in [6.45, 7) is 5.99. The zero-order valence-corrected chi connectivity index (χ0v) is 18.0. The Hall–Kier alpha value is -2.60. The van der Waals surface area contributed by atoms with E-state index in [9.17, 15) is 4.79 Å². The number of methoxy groups -OCH3 is 1. The Kier molecular flexibility index (Phi) is 5.95. The van der Waals surface area contributed by atoms with Gasteiger partial charge in [0.05, 0.1) is 19.3 Å². The van der Waals surface area contributed by atoms with Crippen LogP contribution in [-0.2, 0) is 4.74 Å². The topological polar surface area (TPSA) is 60.9 Å². The fraction of sp³-hybridized carbons (Fsp3) is 0.500. The number of hydrogen-bond donors (Lipinski definition) is 0. The number of likely N-dealkylation sites (tertiary alicyclic amines) is 1. The van der Waals surface area contributed by atoms with E-state index in [1.807, 2.05) is 55.1 Å². The number of hydrogen-bond acceptors (Lipinski definition) is 5. The third-order valence-electron chi connectivity index (χ3n) is 6.22. The van der Waals surface area contributed by atoms with Crippen molar-refractivity contribution in [2.75, 3.05) is 26.8 Å². The maximum absolute atomic E-state index is 13.0. The monoisotopic (exact) mass is 410 g/mol. The number of piperidine rings is 1. The normalized spacial score (nSPS) is 20.8. The van der Waals surface area contributed by atoms with Crippen molar-refractivity contribution >= 4 is 5.91 Å². The molecule has 6 nitrogen and oxygen atoms in total. The fourth-order valence-corrected chi connectivity index (χ4v) is 4.48. The summed E-state index contributed by atoms with van der Waals surface area (Å²) in [7, 11) is 1.64. The molecule has 1 atom stereocenters. The van der Waals surface area contributed by atoms with Gasteiger partial charge in [0.2, 0.25) is 5.88 Å². The molecule has 1 aromatic heterocycles. The maximum Gasteiger partial charge on any atom is 0.254 e. The Morgan fingerprint density at radius 1 is 1.20 bits per heavy atom. The van der Waals surface area contributed by atoms with Gasteiger partial charge in [-0.3, -0.25) is 4.79 Å². The predicted molar refractivity (Wildman–Crippen MR) is 114 cm³/mol. The van der Waals surface area contributed by atoms with E-state index in [0.717, 1.165) is 48.3 Å². The van der Waals surface area contributed by atoms with Crippen LogP contribution in [0.1, 0.15) is 47.3 Å². The molecule has 1 spiro atoms. The molecule has 0 N–H and O–H groups in total. The van der Waals surface area contributed by atoms with Crippen LogP contribution in [0.25, 0.3) is 0 Å². The zero-order valence-electron chi connectivity index (χ0n) is 18.0. The lowest BCUT2D eigenvalue weighted by Gasteiger charge is -2.46. The number of amides is 1. The molecule has 1 aromatic carbocycles. The molecule has 0 aliphatic carbocycles. The van der Waals surface area contributed by atoms with Crippen LogP contribution < -0.4 is 9.47 Å². The third-order valence-corrected chi connectivity index (χ3v) is 6.22. The highest BCUT2D eigenvalue weighted by Gasteiger charge is 2.42. The quantitative estimate of drug-likeness (QED) is 0.764. The third kappa shape index (κ3) is 4.43. The molecule has 1 unspecified atom stereocenters. The van der Waals surface area contributed by atoms with Gasteiger partial charge in [-0.05, 0) is 56.5 Å². The van der Waals surface area contributed by atoms with Crippen LogP contribution in [0.2, 0.25) is 0 Å². The van der Waals surface area contributed by atoms with Crippen LogP contribution >= 0.6 is 0 Å². The number of nitrogens with zero attached hydrogens (tertiary/aromatic N) is 2. The summed E-state index contributed by atoms with van der Waals surface area (Å²) < 4.78 is 17.6. The molecule has 4 rings (SSSR count). The van der Waals surface area contributed by atoms with Crippen molar-refractivity contribution < 1.29 is 19.0 Å². The molecule has 2 saturated heterocycles. The second-order valence-corrected chi connectivity index (χ2v) is 8.35. The molecule has 6 heteroatoms. The van der Waals surface area contributed by atoms with E-state index < -0.39 is 0 Å². The van der Waals surface area contributed by atoms with E-state index in [2.05, 4.69) is 4.98 Å². The molecule has 2 fully saturated rings. The first kappa shape index (κ1) is 20.7. The zero-order chi connectivity index (χ0) is 21.1. The molecular formula is C24H30N2O4. The van der Waals surface area contributed by atoms with Gasteiger partial charge in [0.1, 0.15) is 11.9 Å². The number of carbonyl (C=O) groups is 1. The number of carbonyl (C=O) groups excluding carboxylic acids is 1. The van der Waals surface area contributed by atoms with Gasteiger partial charge in [0, 0.05) is 43.3 Å². The highest BCUT2D eigenvalue weighted by molar-refractivity contribution is 5.95. The highest BCUT2D eigenvalue weighted by Crippen LogP contribution is 2.37. The lowest BCUT2D eigenvalue weighted by molar-refractivity contribution is -0.135. The van der Waals surface area contributed by atoms with Crippen LogP contribution in [-0.4, -0.2) is 54.3 Å². The standard InChI is InChI=1S/C24H30N2O4/c1-17-15-19(28-3)7-8-21(17)23(27)26-12-10-24(11-13-26)16-20(9-14-29-24)30-22-6-4-5-18(2)25-22/h4-8,15,20H,9-14,16H2,1-3H3. The number of pyridine rings is 1. The Morgan fingerprint density at radius 3 is 2.70 bits per heavy atom. The molecule has 1 amide bonds. The maximum atomic E-state index is 13.0. The van der Waals surface area contributed by atoms with Crippen LogP contribution in [0.3, 0.4) is 0 Å². The fourth-order valence-electron chi connectivity index (χ4n) is 4.48. The van der Waals surface area contributed by atoms with Gasteiger partial charge < -0.3 is 19.1 Å². The van der Waals surface area contributed by atoms with Crippen molar-refractivity contribution in [2.45, 2.75) is 51.2 Å². The number of ether oxygens (including phenoxy) is 3. The van der Waals surface area contributed by atoms with E-state index in [0.29, 0.717) is 25.6 Å². The van der Waals surface area contributed by atoms with Gasteiger partial charge in [-0.2, -0.15) is 0 Å². The number of aryl methyl sites for hydroxylation is 2. The average molecular weight is 411 g/mol. The second kappa shape index (κ2) is 8.64. The van der Waals surface area contributed by atoms with E-state index >= 15 is 0 Å². The number of aromatic nitrogens is 1. The first-order valence-corrected chi connectivity index (χ1v) is 10.7. The van der Waals surface area contributed by atoms with Crippen LogP contribution in [0.15, 0.2) is 36.4 Å². The van der Waals surface area contributed by atoms with Crippen LogP contribution in [0.5, 0.6) is 11.6 Å². The minimum atomic E-state index is -0.210. The molecule has 0 saturated carbocycles. The minimum Gasteiger partial charge on any atom is -0.497 e. The van der Waals surface area contributed by atoms with E-state index in [-0.39, 0.29) is 17.6 Å². The molecule has 160 valence electrons. The average Bonchev–Trinajstić information content (AvgIpc) is 2.74. The Balaban J connectivity index is 1.37. The van der Waals surface area contributed by atoms with Crippen molar-refractivity contribution in [1.29, 1.82) is 0 Å². The minimum absolute atomic E-state index is 0.0811. The first-order valence-electron chi connectivity index (χ1n) is 10.7. The van der Waals surface area contributed by atoms with Gasteiger partial charge in [0.25, 0.3) is 5.91 Å². The summed E-state index contributed by atoms with van der Waals surface area (Å²) in [6, 6.07) is 11.5. The SMILES string of the molecule is COc1ccc(C(=O)N2CCC3(CC2)CC(Oc2cccc(C)n2)CCO3)c(C)c1. The van der Waals surface area contributed by atoms with Gasteiger partial charge in [0.15, 0.2) is 0 Å². The van der Waals surface area contributed by atoms with Gasteiger partial charge in [-0.15, -0.1) is 0 Å². The van der Waals surface area contributed by atoms with Gasteiger partial charge in [-0.25, -0.2) is 4.98 Å². The van der Waals surface area contributed by atoms with Gasteiger partial charge in [-0.1, -0.05) is 6.07 Å². The molecule has 0 bridgehead atoms. The summed E-state index contributed by atoms with van der Waals surface area (Å²) in [4.78, 5) is 19.4. The molecule has 2 aliphatic heterocycles. The summed E-state index contributed by atoms with van der Waals surface area (Å²) in [6.07, 6.45) is 3.46. The van der Waals surface area contributed by atoms with Crippen molar-refractivity contribution in [3.05, 3.63) is 53.2 Å². The van der Waals surface area contributed by atoms with E-state index in [4.69, 9.17) is 14.2 Å². The smallest absolute Gasteiger partial charge is 0.254 e. The summed E-state index contributed by atoms with van der Waals surface area (Å²) in [5, 5.41) is 0. The Labute approximate surface area is 178 Å². The predicted octanol–water partition coefficient (Wildman–Crippen LogP) is 3.94. The number of rotatable bonds is 4.